The van der Waals surface area contributed by atoms with E-state index in [2.05, 4.69) is 13.2 Å². The lowest BCUT2D eigenvalue weighted by Crippen LogP contribution is -2.19. The van der Waals surface area contributed by atoms with Gasteiger partial charge in [-0.05, 0) is 12.8 Å². The average molecular weight is 464 g/mol. The Morgan fingerprint density at radius 1 is 0.742 bits per heavy atom. The summed E-state index contributed by atoms with van der Waals surface area (Å²) in [5, 5.41) is 0. The predicted molar refractivity (Wildman–Crippen MR) is 111 cm³/mol. The van der Waals surface area contributed by atoms with Crippen LogP contribution in [0.25, 0.3) is 0 Å². The molecule has 0 bridgehead atoms. The molecule has 1 fully saturated rings. The van der Waals surface area contributed by atoms with Gasteiger partial charge in [0.1, 0.15) is 13.2 Å². The van der Waals surface area contributed by atoms with E-state index in [1.165, 1.54) is 0 Å². The van der Waals surface area contributed by atoms with Gasteiger partial charge in [-0.1, -0.05) is 32.4 Å². The Labute approximate surface area is 183 Å². The molecular formula is C20H33O10P. The molecule has 0 saturated heterocycles. The van der Waals surface area contributed by atoms with Gasteiger partial charge in [-0.15, -0.1) is 0 Å². The second-order valence-corrected chi connectivity index (χ2v) is 8.07. The molecule has 0 amide bonds. The number of hydrogen-bond donors (Lipinski definition) is 0. The molecule has 0 unspecified atom stereocenters. The molecule has 1 saturated carbocycles. The minimum absolute atomic E-state index is 0.0161. The lowest BCUT2D eigenvalue weighted by molar-refractivity contribution is -0.140. The van der Waals surface area contributed by atoms with Crippen LogP contribution in [0, 0.1) is 0 Å². The van der Waals surface area contributed by atoms with Crippen molar-refractivity contribution in [3.05, 3.63) is 25.3 Å². The maximum atomic E-state index is 13.0. The Morgan fingerprint density at radius 3 is 1.65 bits per heavy atom. The van der Waals surface area contributed by atoms with Crippen LogP contribution >= 0.6 is 7.82 Å². The smallest absolute Gasteiger partial charge is 0.460 e. The molecule has 0 N–H and O–H groups in total. The molecule has 1 aliphatic rings. The molecule has 178 valence electrons. The topological polar surface area (TPSA) is 116 Å². The summed E-state index contributed by atoms with van der Waals surface area (Å²) in [4.78, 5) is 21.8. The van der Waals surface area contributed by atoms with Crippen LogP contribution in [0.1, 0.15) is 32.1 Å². The van der Waals surface area contributed by atoms with E-state index in [0.717, 1.165) is 44.3 Å². The second kappa shape index (κ2) is 17.1. The second-order valence-electron chi connectivity index (χ2n) is 6.45. The van der Waals surface area contributed by atoms with Gasteiger partial charge in [-0.2, -0.15) is 0 Å². The Bertz CT molecular complexity index is 551. The summed E-state index contributed by atoms with van der Waals surface area (Å²) in [6.45, 7) is 7.30. The molecule has 0 radical (unpaired) electrons. The lowest BCUT2D eigenvalue weighted by atomic mass is 9.98. The van der Waals surface area contributed by atoms with Crippen molar-refractivity contribution in [1.82, 2.24) is 0 Å². The van der Waals surface area contributed by atoms with Crippen LogP contribution in [-0.4, -0.2) is 70.9 Å². The number of phosphoric acid groups is 1. The standard InChI is InChI=1S/C20H33O10P/c1-3-19(21)26-14-10-24-12-16-28-31(23,30-18-8-6-5-7-9-18)29-17-13-25-11-15-27-20(22)4-2/h3-4,18H,1-2,5-17H2. The lowest BCUT2D eigenvalue weighted by Gasteiger charge is -2.26. The fraction of sp³-hybridized carbons (Fsp3) is 0.700. The molecule has 0 aromatic carbocycles. The average Bonchev–Trinajstić information content (AvgIpc) is 2.78. The third-order valence-electron chi connectivity index (χ3n) is 4.06. The molecule has 0 atom stereocenters. The number of esters is 2. The van der Waals surface area contributed by atoms with Crippen LogP contribution in [0.15, 0.2) is 25.3 Å². The van der Waals surface area contributed by atoms with E-state index < -0.39 is 19.8 Å². The van der Waals surface area contributed by atoms with Crippen molar-refractivity contribution in [2.24, 2.45) is 0 Å². The monoisotopic (exact) mass is 464 g/mol. The molecule has 0 heterocycles. The Morgan fingerprint density at radius 2 is 1.19 bits per heavy atom. The minimum Gasteiger partial charge on any atom is -0.460 e. The summed E-state index contributed by atoms with van der Waals surface area (Å²) in [6.07, 6.45) is 6.68. The van der Waals surface area contributed by atoms with E-state index >= 15 is 0 Å². The van der Waals surface area contributed by atoms with Crippen LogP contribution in [0.4, 0.5) is 0 Å². The van der Waals surface area contributed by atoms with Crippen molar-refractivity contribution in [3.63, 3.8) is 0 Å². The number of ether oxygens (including phenoxy) is 4. The first-order valence-corrected chi connectivity index (χ1v) is 11.8. The zero-order valence-corrected chi connectivity index (χ0v) is 18.8. The summed E-state index contributed by atoms with van der Waals surface area (Å²) in [5.41, 5.74) is 0. The number of phosphoric ester groups is 1. The van der Waals surface area contributed by atoms with E-state index in [0.29, 0.717) is 0 Å². The Hall–Kier alpha value is -1.55. The molecule has 11 heteroatoms. The normalized spacial score (nSPS) is 14.7. The van der Waals surface area contributed by atoms with Gasteiger partial charge in [-0.3, -0.25) is 13.6 Å². The highest BCUT2D eigenvalue weighted by atomic mass is 31.2. The zero-order valence-electron chi connectivity index (χ0n) is 17.9. The van der Waals surface area contributed by atoms with Crippen molar-refractivity contribution >= 4 is 19.8 Å². The SMILES string of the molecule is C=CC(=O)OCCOCCOP(=O)(OCCOCCOC(=O)C=C)OC1CCCCC1. The first-order valence-electron chi connectivity index (χ1n) is 10.3. The van der Waals surface area contributed by atoms with Gasteiger partial charge < -0.3 is 18.9 Å². The molecule has 31 heavy (non-hydrogen) atoms. The van der Waals surface area contributed by atoms with Gasteiger partial charge in [0, 0.05) is 12.2 Å². The van der Waals surface area contributed by atoms with Crippen LogP contribution in [0.5, 0.6) is 0 Å². The highest BCUT2D eigenvalue weighted by Crippen LogP contribution is 2.51. The van der Waals surface area contributed by atoms with Gasteiger partial charge in [0.05, 0.1) is 45.7 Å². The number of carbonyl (C=O) groups excluding carboxylic acids is 2. The third-order valence-corrected chi connectivity index (χ3v) is 5.62. The maximum Gasteiger partial charge on any atom is 0.475 e. The van der Waals surface area contributed by atoms with Crippen molar-refractivity contribution in [1.29, 1.82) is 0 Å². The highest BCUT2D eigenvalue weighted by Gasteiger charge is 2.31. The van der Waals surface area contributed by atoms with Gasteiger partial charge in [-0.25, -0.2) is 14.2 Å². The highest BCUT2D eigenvalue weighted by molar-refractivity contribution is 7.48. The molecule has 0 aromatic heterocycles. The van der Waals surface area contributed by atoms with Crippen molar-refractivity contribution in [3.8, 4) is 0 Å². The van der Waals surface area contributed by atoms with E-state index in [1.54, 1.807) is 0 Å². The van der Waals surface area contributed by atoms with Crippen molar-refractivity contribution in [2.75, 3.05) is 52.9 Å². The third kappa shape index (κ3) is 14.2. The summed E-state index contributed by atoms with van der Waals surface area (Å²) >= 11 is 0. The largest absolute Gasteiger partial charge is 0.475 e. The number of rotatable bonds is 18. The minimum atomic E-state index is -3.80. The summed E-state index contributed by atoms with van der Waals surface area (Å²) < 4.78 is 49.5. The summed E-state index contributed by atoms with van der Waals surface area (Å²) in [6, 6.07) is 0. The molecule has 0 aliphatic heterocycles. The molecular weight excluding hydrogens is 431 g/mol. The van der Waals surface area contributed by atoms with Gasteiger partial charge in [0.2, 0.25) is 0 Å². The van der Waals surface area contributed by atoms with E-state index in [4.69, 9.17) is 32.5 Å². The van der Waals surface area contributed by atoms with Gasteiger partial charge >= 0.3 is 19.8 Å². The van der Waals surface area contributed by atoms with Crippen molar-refractivity contribution in [2.45, 2.75) is 38.2 Å². The summed E-state index contributed by atoms with van der Waals surface area (Å²) in [7, 11) is -3.80. The van der Waals surface area contributed by atoms with Gasteiger partial charge in [0.15, 0.2) is 0 Å². The first-order chi connectivity index (χ1) is 15.0. The van der Waals surface area contributed by atoms with E-state index in [-0.39, 0.29) is 59.0 Å². The maximum absolute atomic E-state index is 13.0. The van der Waals surface area contributed by atoms with Crippen LogP contribution < -0.4 is 0 Å². The van der Waals surface area contributed by atoms with Crippen LogP contribution in [0.3, 0.4) is 0 Å². The van der Waals surface area contributed by atoms with Crippen LogP contribution in [0.2, 0.25) is 0 Å². The quantitative estimate of drug-likeness (QED) is 0.130. The number of hydrogen-bond acceptors (Lipinski definition) is 10. The Balaban J connectivity index is 2.30. The molecule has 0 spiro atoms. The Kier molecular flexibility index (Phi) is 15.1. The fourth-order valence-electron chi connectivity index (χ4n) is 2.59. The fourth-order valence-corrected chi connectivity index (χ4v) is 3.96. The van der Waals surface area contributed by atoms with Crippen molar-refractivity contribution < 1.29 is 46.7 Å². The molecule has 1 aliphatic carbocycles. The van der Waals surface area contributed by atoms with E-state index in [1.807, 2.05) is 0 Å². The molecule has 0 aromatic rings. The molecule has 10 nitrogen and oxygen atoms in total. The van der Waals surface area contributed by atoms with Gasteiger partial charge in [0.25, 0.3) is 0 Å². The van der Waals surface area contributed by atoms with E-state index in [9.17, 15) is 14.2 Å². The first kappa shape index (κ1) is 27.5. The molecule has 1 rings (SSSR count). The predicted octanol–water partition coefficient (Wildman–Crippen LogP) is 2.97. The van der Waals surface area contributed by atoms with Crippen LogP contribution in [-0.2, 0) is 46.7 Å². The number of carbonyl (C=O) groups is 2. The summed E-state index contributed by atoms with van der Waals surface area (Å²) in [5.74, 6) is -1.06. The zero-order chi connectivity index (χ0) is 22.8.